The minimum absolute atomic E-state index is 0.0620. The number of ether oxygens (including phenoxy) is 1. The molecule has 3 rings (SSSR count). The smallest absolute Gasteiger partial charge is 0.269 e. The van der Waals surface area contributed by atoms with Crippen molar-refractivity contribution in [3.63, 3.8) is 0 Å². The van der Waals surface area contributed by atoms with Crippen molar-refractivity contribution in [1.82, 2.24) is 0 Å². The monoisotopic (exact) mass is 360 g/mol. The van der Waals surface area contributed by atoms with E-state index in [9.17, 15) is 14.9 Å². The van der Waals surface area contributed by atoms with Crippen LogP contribution >= 0.6 is 11.6 Å². The minimum atomic E-state index is -0.509. The fourth-order valence-corrected chi connectivity index (χ4v) is 3.02. The van der Waals surface area contributed by atoms with Gasteiger partial charge in [0, 0.05) is 23.4 Å². The standard InChI is InChI=1S/C18H17ClN2O4/c19-16-11-13(7-10-17(16)25-15-3-1-2-4-15)20-18(22)12-5-8-14(9-6-12)21(23)24/h5-11,15H,1-4H2,(H,20,22). The van der Waals surface area contributed by atoms with Crippen molar-refractivity contribution in [3.8, 4) is 5.75 Å². The van der Waals surface area contributed by atoms with E-state index < -0.39 is 4.92 Å². The van der Waals surface area contributed by atoms with E-state index in [-0.39, 0.29) is 17.7 Å². The predicted molar refractivity (Wildman–Crippen MR) is 95.4 cm³/mol. The van der Waals surface area contributed by atoms with Crippen LogP contribution in [0.2, 0.25) is 5.02 Å². The minimum Gasteiger partial charge on any atom is -0.489 e. The summed E-state index contributed by atoms with van der Waals surface area (Å²) in [4.78, 5) is 22.4. The molecule has 0 radical (unpaired) electrons. The summed E-state index contributed by atoms with van der Waals surface area (Å²) in [5, 5.41) is 13.8. The third-order valence-electron chi connectivity index (χ3n) is 4.13. The Labute approximate surface area is 149 Å². The van der Waals surface area contributed by atoms with E-state index in [2.05, 4.69) is 5.32 Å². The molecule has 0 heterocycles. The van der Waals surface area contributed by atoms with Gasteiger partial charge in [0.25, 0.3) is 11.6 Å². The molecule has 0 bridgehead atoms. The van der Waals surface area contributed by atoms with Gasteiger partial charge in [-0.3, -0.25) is 14.9 Å². The van der Waals surface area contributed by atoms with Gasteiger partial charge in [0.15, 0.2) is 0 Å². The number of anilines is 1. The van der Waals surface area contributed by atoms with Crippen LogP contribution in [0.4, 0.5) is 11.4 Å². The van der Waals surface area contributed by atoms with Gasteiger partial charge in [0.1, 0.15) is 5.75 Å². The summed E-state index contributed by atoms with van der Waals surface area (Å²) in [5.74, 6) is 0.248. The fraction of sp³-hybridized carbons (Fsp3) is 0.278. The molecule has 1 aliphatic carbocycles. The van der Waals surface area contributed by atoms with Crippen LogP contribution in [0.15, 0.2) is 42.5 Å². The topological polar surface area (TPSA) is 81.5 Å². The average molecular weight is 361 g/mol. The van der Waals surface area contributed by atoms with Crippen molar-refractivity contribution in [2.24, 2.45) is 0 Å². The number of nitro benzene ring substituents is 1. The molecule has 0 aliphatic heterocycles. The molecule has 2 aromatic carbocycles. The van der Waals surface area contributed by atoms with Gasteiger partial charge in [-0.1, -0.05) is 11.6 Å². The number of rotatable bonds is 5. The number of carbonyl (C=O) groups excluding carboxylic acids is 1. The van der Waals surface area contributed by atoms with Crippen molar-refractivity contribution in [2.45, 2.75) is 31.8 Å². The molecule has 0 saturated heterocycles. The molecule has 6 nitrogen and oxygen atoms in total. The third kappa shape index (κ3) is 4.28. The lowest BCUT2D eigenvalue weighted by atomic mass is 10.2. The Bertz CT molecular complexity index is 786. The summed E-state index contributed by atoms with van der Waals surface area (Å²) in [7, 11) is 0. The number of nitrogens with one attached hydrogen (secondary N) is 1. The number of hydrogen-bond donors (Lipinski definition) is 1. The lowest BCUT2D eigenvalue weighted by Gasteiger charge is -2.15. The second-order valence-corrected chi connectivity index (χ2v) is 6.33. The van der Waals surface area contributed by atoms with Crippen LogP contribution in [0, 0.1) is 10.1 Å². The van der Waals surface area contributed by atoms with E-state index in [1.165, 1.54) is 37.1 Å². The molecule has 0 aromatic heterocycles. The summed E-state index contributed by atoms with van der Waals surface area (Å²) < 4.78 is 5.88. The summed E-state index contributed by atoms with van der Waals surface area (Å²) in [6.45, 7) is 0. The first-order chi connectivity index (χ1) is 12.0. The molecule has 130 valence electrons. The highest BCUT2D eigenvalue weighted by Crippen LogP contribution is 2.32. The highest BCUT2D eigenvalue weighted by atomic mass is 35.5. The first kappa shape index (κ1) is 17.2. The molecular weight excluding hydrogens is 344 g/mol. The van der Waals surface area contributed by atoms with Crippen molar-refractivity contribution in [1.29, 1.82) is 0 Å². The number of benzene rings is 2. The highest BCUT2D eigenvalue weighted by Gasteiger charge is 2.18. The number of amides is 1. The quantitative estimate of drug-likeness (QED) is 0.612. The molecule has 25 heavy (non-hydrogen) atoms. The van der Waals surface area contributed by atoms with Crippen molar-refractivity contribution in [3.05, 3.63) is 63.2 Å². The molecule has 0 unspecified atom stereocenters. The third-order valence-corrected chi connectivity index (χ3v) is 4.42. The van der Waals surface area contributed by atoms with E-state index in [1.807, 2.05) is 0 Å². The Morgan fingerprint density at radius 1 is 1.16 bits per heavy atom. The predicted octanol–water partition coefficient (Wildman–Crippen LogP) is 4.82. The van der Waals surface area contributed by atoms with Crippen LogP contribution in [0.25, 0.3) is 0 Å². The van der Waals surface area contributed by atoms with Gasteiger partial charge in [-0.25, -0.2) is 0 Å². The van der Waals surface area contributed by atoms with Crippen LogP contribution in [-0.2, 0) is 0 Å². The molecule has 1 saturated carbocycles. The van der Waals surface area contributed by atoms with Gasteiger partial charge in [-0.05, 0) is 56.0 Å². The summed E-state index contributed by atoms with van der Waals surface area (Å²) in [6, 6.07) is 10.5. The number of hydrogen-bond acceptors (Lipinski definition) is 4. The normalized spacial score (nSPS) is 14.3. The van der Waals surface area contributed by atoms with E-state index in [0.717, 1.165) is 12.8 Å². The van der Waals surface area contributed by atoms with Crippen LogP contribution in [-0.4, -0.2) is 16.9 Å². The number of halogens is 1. The van der Waals surface area contributed by atoms with Crippen LogP contribution in [0.1, 0.15) is 36.0 Å². The Morgan fingerprint density at radius 3 is 2.44 bits per heavy atom. The maximum Gasteiger partial charge on any atom is 0.269 e. The summed E-state index contributed by atoms with van der Waals surface area (Å²) in [6.07, 6.45) is 4.62. The number of non-ortho nitro benzene ring substituents is 1. The average Bonchev–Trinajstić information content (AvgIpc) is 3.10. The molecule has 1 aliphatic rings. The summed E-state index contributed by atoms with van der Waals surface area (Å²) in [5.41, 5.74) is 0.799. The molecule has 1 N–H and O–H groups in total. The number of nitro groups is 1. The molecule has 1 fully saturated rings. The van der Waals surface area contributed by atoms with Crippen molar-refractivity contribution >= 4 is 28.9 Å². The van der Waals surface area contributed by atoms with E-state index >= 15 is 0 Å². The van der Waals surface area contributed by atoms with Crippen molar-refractivity contribution in [2.75, 3.05) is 5.32 Å². The first-order valence-corrected chi connectivity index (χ1v) is 8.43. The second-order valence-electron chi connectivity index (χ2n) is 5.93. The molecule has 7 heteroatoms. The Morgan fingerprint density at radius 2 is 1.84 bits per heavy atom. The Kier molecular flexibility index (Phi) is 5.19. The fourth-order valence-electron chi connectivity index (χ4n) is 2.80. The maximum atomic E-state index is 12.2. The van der Waals surface area contributed by atoms with Crippen LogP contribution in [0.3, 0.4) is 0 Å². The number of nitrogens with zero attached hydrogens (tertiary/aromatic N) is 1. The highest BCUT2D eigenvalue weighted by molar-refractivity contribution is 6.32. The number of carbonyl (C=O) groups is 1. The van der Waals surface area contributed by atoms with Gasteiger partial charge < -0.3 is 10.1 Å². The molecular formula is C18H17ClN2O4. The first-order valence-electron chi connectivity index (χ1n) is 8.05. The summed E-state index contributed by atoms with van der Waals surface area (Å²) >= 11 is 6.24. The van der Waals surface area contributed by atoms with Gasteiger partial charge >= 0.3 is 0 Å². The molecule has 1 amide bonds. The zero-order valence-electron chi connectivity index (χ0n) is 13.4. The van der Waals surface area contributed by atoms with Crippen LogP contribution in [0.5, 0.6) is 5.75 Å². The second kappa shape index (κ2) is 7.53. The van der Waals surface area contributed by atoms with Crippen molar-refractivity contribution < 1.29 is 14.5 Å². The SMILES string of the molecule is O=C(Nc1ccc(OC2CCCC2)c(Cl)c1)c1ccc([N+](=O)[O-])cc1. The van der Waals surface area contributed by atoms with Gasteiger partial charge in [-0.15, -0.1) is 0 Å². The zero-order valence-corrected chi connectivity index (χ0v) is 14.2. The van der Waals surface area contributed by atoms with Gasteiger partial charge in [0.2, 0.25) is 0 Å². The Balaban J connectivity index is 1.66. The maximum absolute atomic E-state index is 12.2. The largest absolute Gasteiger partial charge is 0.489 e. The molecule has 2 aromatic rings. The van der Waals surface area contributed by atoms with Gasteiger partial charge in [0.05, 0.1) is 16.0 Å². The molecule has 0 atom stereocenters. The van der Waals surface area contributed by atoms with E-state index in [4.69, 9.17) is 16.3 Å². The lowest BCUT2D eigenvalue weighted by molar-refractivity contribution is -0.384. The van der Waals surface area contributed by atoms with E-state index in [1.54, 1.807) is 18.2 Å². The lowest BCUT2D eigenvalue weighted by Crippen LogP contribution is -2.13. The van der Waals surface area contributed by atoms with Crippen LogP contribution < -0.4 is 10.1 Å². The van der Waals surface area contributed by atoms with E-state index in [0.29, 0.717) is 22.0 Å². The molecule has 0 spiro atoms. The zero-order chi connectivity index (χ0) is 17.8. The Hall–Kier alpha value is -2.60. The van der Waals surface area contributed by atoms with Gasteiger partial charge in [-0.2, -0.15) is 0 Å².